The highest BCUT2D eigenvalue weighted by molar-refractivity contribution is 7.13. The number of hydrogen-bond donors (Lipinski definition) is 0. The van der Waals surface area contributed by atoms with E-state index in [4.69, 9.17) is 4.74 Å². The SMILES string of the molecule is COc1ccccc1N1CCn2c1nnc(-c1cccs1)c2=O. The summed E-state index contributed by atoms with van der Waals surface area (Å²) in [4.78, 5) is 15.5. The zero-order chi connectivity index (χ0) is 15.8. The highest BCUT2D eigenvalue weighted by Gasteiger charge is 2.27. The molecule has 0 radical (unpaired) electrons. The molecule has 0 saturated carbocycles. The molecule has 23 heavy (non-hydrogen) atoms. The number of ether oxygens (including phenoxy) is 1. The van der Waals surface area contributed by atoms with E-state index in [1.54, 1.807) is 11.7 Å². The van der Waals surface area contributed by atoms with Crippen LogP contribution in [0.15, 0.2) is 46.6 Å². The third-order valence-corrected chi connectivity index (χ3v) is 4.72. The number of fused-ring (bicyclic) bond motifs is 1. The quantitative estimate of drug-likeness (QED) is 0.740. The van der Waals surface area contributed by atoms with Gasteiger partial charge in [0.25, 0.3) is 5.56 Å². The molecule has 0 bridgehead atoms. The van der Waals surface area contributed by atoms with Gasteiger partial charge in [0.05, 0.1) is 17.7 Å². The maximum Gasteiger partial charge on any atom is 0.282 e. The molecule has 1 aliphatic heterocycles. The van der Waals surface area contributed by atoms with Crippen molar-refractivity contribution in [2.45, 2.75) is 6.54 Å². The molecule has 0 saturated heterocycles. The molecule has 1 aliphatic rings. The Morgan fingerprint density at radius 1 is 1.13 bits per heavy atom. The van der Waals surface area contributed by atoms with Crippen LogP contribution in [0.5, 0.6) is 5.75 Å². The molecule has 0 spiro atoms. The van der Waals surface area contributed by atoms with E-state index >= 15 is 0 Å². The Bertz CT molecular complexity index is 905. The fourth-order valence-electron chi connectivity index (χ4n) is 2.76. The van der Waals surface area contributed by atoms with E-state index < -0.39 is 0 Å². The minimum absolute atomic E-state index is 0.102. The molecule has 2 aromatic heterocycles. The van der Waals surface area contributed by atoms with Crippen LogP contribution in [0.4, 0.5) is 11.6 Å². The van der Waals surface area contributed by atoms with Crippen LogP contribution in [-0.2, 0) is 6.54 Å². The van der Waals surface area contributed by atoms with E-state index in [1.165, 1.54) is 11.3 Å². The second kappa shape index (κ2) is 5.51. The van der Waals surface area contributed by atoms with Crippen molar-refractivity contribution in [3.63, 3.8) is 0 Å². The molecule has 0 atom stereocenters. The number of hydrogen-bond acceptors (Lipinski definition) is 6. The van der Waals surface area contributed by atoms with Gasteiger partial charge < -0.3 is 9.64 Å². The van der Waals surface area contributed by atoms with Crippen molar-refractivity contribution in [1.29, 1.82) is 0 Å². The normalized spacial score (nSPS) is 13.2. The Balaban J connectivity index is 1.82. The monoisotopic (exact) mass is 326 g/mol. The van der Waals surface area contributed by atoms with E-state index in [0.29, 0.717) is 24.7 Å². The molecule has 1 aromatic carbocycles. The van der Waals surface area contributed by atoms with E-state index in [-0.39, 0.29) is 5.56 Å². The Kier molecular flexibility index (Phi) is 3.34. The summed E-state index contributed by atoms with van der Waals surface area (Å²) in [6, 6.07) is 11.5. The molecule has 6 nitrogen and oxygen atoms in total. The zero-order valence-corrected chi connectivity index (χ0v) is 13.3. The van der Waals surface area contributed by atoms with Crippen LogP contribution < -0.4 is 15.2 Å². The highest BCUT2D eigenvalue weighted by Crippen LogP contribution is 2.34. The van der Waals surface area contributed by atoms with Gasteiger partial charge in [0.1, 0.15) is 5.75 Å². The average Bonchev–Trinajstić information content (AvgIpc) is 3.25. The number of para-hydroxylation sites is 2. The maximum atomic E-state index is 12.7. The Morgan fingerprint density at radius 2 is 2.00 bits per heavy atom. The van der Waals surface area contributed by atoms with Gasteiger partial charge in [-0.25, -0.2) is 0 Å². The van der Waals surface area contributed by atoms with Gasteiger partial charge in [-0.15, -0.1) is 21.5 Å². The molecule has 0 N–H and O–H groups in total. The Labute approximate surface area is 136 Å². The predicted molar refractivity (Wildman–Crippen MR) is 89.6 cm³/mol. The van der Waals surface area contributed by atoms with Crippen molar-refractivity contribution in [2.75, 3.05) is 18.6 Å². The fraction of sp³-hybridized carbons (Fsp3) is 0.188. The first-order chi connectivity index (χ1) is 11.3. The van der Waals surface area contributed by atoms with Gasteiger partial charge in [0, 0.05) is 13.1 Å². The van der Waals surface area contributed by atoms with E-state index in [2.05, 4.69) is 10.2 Å². The van der Waals surface area contributed by atoms with Crippen LogP contribution in [0.25, 0.3) is 10.6 Å². The highest BCUT2D eigenvalue weighted by atomic mass is 32.1. The minimum Gasteiger partial charge on any atom is -0.495 e. The summed E-state index contributed by atoms with van der Waals surface area (Å²) in [5.74, 6) is 1.30. The van der Waals surface area contributed by atoms with Gasteiger partial charge in [0.15, 0.2) is 5.69 Å². The van der Waals surface area contributed by atoms with Crippen molar-refractivity contribution >= 4 is 23.0 Å². The van der Waals surface area contributed by atoms with Crippen LogP contribution in [-0.4, -0.2) is 28.4 Å². The zero-order valence-electron chi connectivity index (χ0n) is 12.5. The molecule has 0 amide bonds. The lowest BCUT2D eigenvalue weighted by atomic mass is 10.2. The Hall–Kier alpha value is -2.67. The van der Waals surface area contributed by atoms with Crippen molar-refractivity contribution < 1.29 is 4.74 Å². The summed E-state index contributed by atoms with van der Waals surface area (Å²) in [5.41, 5.74) is 1.19. The summed E-state index contributed by atoms with van der Waals surface area (Å²) < 4.78 is 7.09. The predicted octanol–water partition coefficient (Wildman–Crippen LogP) is 2.53. The van der Waals surface area contributed by atoms with Gasteiger partial charge in [-0.1, -0.05) is 18.2 Å². The summed E-state index contributed by atoms with van der Waals surface area (Å²) >= 11 is 1.49. The van der Waals surface area contributed by atoms with E-state index in [0.717, 1.165) is 16.3 Å². The summed E-state index contributed by atoms with van der Waals surface area (Å²) in [6.07, 6.45) is 0. The number of nitrogens with zero attached hydrogens (tertiary/aromatic N) is 4. The first kappa shape index (κ1) is 14.0. The van der Waals surface area contributed by atoms with Crippen LogP contribution in [0.1, 0.15) is 0 Å². The number of thiophene rings is 1. The van der Waals surface area contributed by atoms with Crippen molar-refractivity contribution in [2.24, 2.45) is 0 Å². The first-order valence-electron chi connectivity index (χ1n) is 7.21. The Morgan fingerprint density at radius 3 is 2.78 bits per heavy atom. The summed E-state index contributed by atoms with van der Waals surface area (Å²) in [5, 5.41) is 10.4. The van der Waals surface area contributed by atoms with Crippen molar-refractivity contribution in [3.05, 3.63) is 52.1 Å². The van der Waals surface area contributed by atoms with Crippen LogP contribution >= 0.6 is 11.3 Å². The van der Waals surface area contributed by atoms with Crippen LogP contribution in [0, 0.1) is 0 Å². The lowest BCUT2D eigenvalue weighted by Crippen LogP contribution is -2.23. The smallest absolute Gasteiger partial charge is 0.282 e. The van der Waals surface area contributed by atoms with Gasteiger partial charge in [-0.2, -0.15) is 0 Å². The fourth-order valence-corrected chi connectivity index (χ4v) is 3.46. The minimum atomic E-state index is -0.102. The first-order valence-corrected chi connectivity index (χ1v) is 8.09. The summed E-state index contributed by atoms with van der Waals surface area (Å²) in [6.45, 7) is 1.25. The lowest BCUT2D eigenvalue weighted by molar-refractivity contribution is 0.415. The third-order valence-electron chi connectivity index (χ3n) is 3.85. The molecule has 0 aliphatic carbocycles. The van der Waals surface area contributed by atoms with Gasteiger partial charge in [0.2, 0.25) is 5.95 Å². The van der Waals surface area contributed by atoms with Crippen LogP contribution in [0.3, 0.4) is 0 Å². The largest absolute Gasteiger partial charge is 0.495 e. The van der Waals surface area contributed by atoms with Gasteiger partial charge >= 0.3 is 0 Å². The third kappa shape index (κ3) is 2.20. The summed E-state index contributed by atoms with van der Waals surface area (Å²) in [7, 11) is 1.63. The number of methoxy groups -OCH3 is 1. The molecule has 0 unspecified atom stereocenters. The number of rotatable bonds is 3. The lowest BCUT2D eigenvalue weighted by Gasteiger charge is -2.19. The molecule has 0 fully saturated rings. The maximum absolute atomic E-state index is 12.7. The van der Waals surface area contributed by atoms with E-state index in [1.807, 2.05) is 46.7 Å². The molecule has 4 rings (SSSR count). The van der Waals surface area contributed by atoms with Gasteiger partial charge in [-0.3, -0.25) is 9.36 Å². The molecular weight excluding hydrogens is 312 g/mol. The number of benzene rings is 1. The second-order valence-corrected chi connectivity index (χ2v) is 6.05. The van der Waals surface area contributed by atoms with Gasteiger partial charge in [-0.05, 0) is 23.6 Å². The molecule has 3 heterocycles. The van der Waals surface area contributed by atoms with Crippen LogP contribution in [0.2, 0.25) is 0 Å². The number of aromatic nitrogens is 3. The topological polar surface area (TPSA) is 60.2 Å². The molecular formula is C16H14N4O2S. The average molecular weight is 326 g/mol. The van der Waals surface area contributed by atoms with E-state index in [9.17, 15) is 4.79 Å². The second-order valence-electron chi connectivity index (χ2n) is 5.11. The molecule has 116 valence electrons. The standard InChI is InChI=1S/C16H14N4O2S/c1-22-12-6-3-2-5-11(12)19-8-9-20-15(21)14(17-18-16(19)20)13-7-4-10-23-13/h2-7,10H,8-9H2,1H3. The van der Waals surface area contributed by atoms with Crippen molar-refractivity contribution in [1.82, 2.24) is 14.8 Å². The van der Waals surface area contributed by atoms with Crippen molar-refractivity contribution in [3.8, 4) is 16.3 Å². The molecule has 3 aromatic rings. The number of anilines is 2. The molecule has 7 heteroatoms.